The molecule has 4 aromatic rings. The lowest BCUT2D eigenvalue weighted by atomic mass is 9.99. The molecule has 1 amide bonds. The Balaban J connectivity index is 1.19. The zero-order valence-electron chi connectivity index (χ0n) is 20.2. The highest BCUT2D eigenvalue weighted by Gasteiger charge is 2.33. The minimum absolute atomic E-state index is 0.0318. The van der Waals surface area contributed by atoms with Gasteiger partial charge in [-0.15, -0.1) is 11.3 Å². The molecule has 2 aliphatic heterocycles. The highest BCUT2D eigenvalue weighted by Crippen LogP contribution is 2.41. The Kier molecular flexibility index (Phi) is 5.74. The fourth-order valence-electron chi connectivity index (χ4n) is 5.04. The smallest absolute Gasteiger partial charge is 0.344 e. The Labute approximate surface area is 213 Å². The molecule has 1 aromatic heterocycles. The van der Waals surface area contributed by atoms with Crippen molar-refractivity contribution in [3.05, 3.63) is 93.9 Å². The van der Waals surface area contributed by atoms with E-state index in [0.29, 0.717) is 17.4 Å². The molecule has 0 saturated heterocycles. The Morgan fingerprint density at radius 2 is 1.81 bits per heavy atom. The lowest BCUT2D eigenvalue weighted by molar-refractivity contribution is 0.0736. The molecular formula is C29H27N3O3S. The van der Waals surface area contributed by atoms with Crippen LogP contribution in [0.1, 0.15) is 56.7 Å². The predicted octanol–water partition coefficient (Wildman–Crippen LogP) is 5.74. The van der Waals surface area contributed by atoms with E-state index in [0.717, 1.165) is 46.4 Å². The van der Waals surface area contributed by atoms with Gasteiger partial charge >= 0.3 is 5.97 Å². The van der Waals surface area contributed by atoms with Crippen LogP contribution >= 0.6 is 11.3 Å². The van der Waals surface area contributed by atoms with Crippen LogP contribution in [0.3, 0.4) is 0 Å². The third kappa shape index (κ3) is 4.04. The number of rotatable bonds is 4. The summed E-state index contributed by atoms with van der Waals surface area (Å²) < 4.78 is 5.66. The number of hydrogen-bond acceptors (Lipinski definition) is 6. The van der Waals surface area contributed by atoms with Gasteiger partial charge in [0.2, 0.25) is 0 Å². The number of fused-ring (bicyclic) bond motifs is 4. The van der Waals surface area contributed by atoms with Gasteiger partial charge in [0, 0.05) is 24.0 Å². The average molecular weight is 498 g/mol. The molecule has 0 spiro atoms. The number of carbonyl (C=O) groups is 2. The maximum absolute atomic E-state index is 13.1. The normalized spacial score (nSPS) is 17.3. The van der Waals surface area contributed by atoms with Crippen molar-refractivity contribution in [2.75, 3.05) is 11.9 Å². The predicted molar refractivity (Wildman–Crippen MR) is 143 cm³/mol. The van der Waals surface area contributed by atoms with Gasteiger partial charge in [-0.1, -0.05) is 48.5 Å². The summed E-state index contributed by atoms with van der Waals surface area (Å²) in [5.74, 6) is 0.0310. The molecule has 3 aromatic carbocycles. The van der Waals surface area contributed by atoms with E-state index in [4.69, 9.17) is 4.74 Å². The summed E-state index contributed by atoms with van der Waals surface area (Å²) in [7, 11) is 0. The SMILES string of the molecule is CC(C)N1CCc2c(sc3c2C(=O)N[C@H](c2ccc(OC(=O)c4cccc5ccccc45)cc2)N3)C1. The van der Waals surface area contributed by atoms with Gasteiger partial charge in [-0.25, -0.2) is 4.79 Å². The molecular weight excluding hydrogens is 470 g/mol. The summed E-state index contributed by atoms with van der Waals surface area (Å²) in [6.45, 7) is 6.29. The molecule has 0 fully saturated rings. The van der Waals surface area contributed by atoms with Crippen LogP contribution in [0.4, 0.5) is 5.00 Å². The van der Waals surface area contributed by atoms with Gasteiger partial charge in [0.05, 0.1) is 11.1 Å². The summed E-state index contributed by atoms with van der Waals surface area (Å²) >= 11 is 1.69. The van der Waals surface area contributed by atoms with E-state index >= 15 is 0 Å². The fourth-order valence-corrected chi connectivity index (χ4v) is 6.34. The first-order valence-electron chi connectivity index (χ1n) is 12.2. The molecule has 2 N–H and O–H groups in total. The van der Waals surface area contributed by atoms with Crippen LogP contribution in [0.15, 0.2) is 66.7 Å². The van der Waals surface area contributed by atoms with Crippen molar-refractivity contribution in [3.8, 4) is 5.75 Å². The van der Waals surface area contributed by atoms with E-state index in [9.17, 15) is 9.59 Å². The number of amides is 1. The number of esters is 1. The monoisotopic (exact) mass is 497 g/mol. The van der Waals surface area contributed by atoms with E-state index in [1.54, 1.807) is 29.5 Å². The number of carbonyl (C=O) groups excluding carboxylic acids is 2. The molecule has 0 bridgehead atoms. The Morgan fingerprint density at radius 3 is 2.61 bits per heavy atom. The zero-order valence-corrected chi connectivity index (χ0v) is 21.0. The first kappa shape index (κ1) is 22.8. The standard InChI is InChI=1S/C29H27N3O3S/c1-17(2)32-15-14-23-24(16-32)36-28-25(23)27(33)30-26(31-28)19-10-12-20(13-11-19)35-29(34)22-9-5-7-18-6-3-4-8-21(18)22/h3-13,17,26,31H,14-16H2,1-2H3,(H,30,33)/t26-/m0/s1. The highest BCUT2D eigenvalue weighted by atomic mass is 32.1. The summed E-state index contributed by atoms with van der Waals surface area (Å²) in [6, 6.07) is 21.1. The summed E-state index contributed by atoms with van der Waals surface area (Å²) in [5.41, 5.74) is 3.42. The molecule has 0 unspecified atom stereocenters. The largest absolute Gasteiger partial charge is 0.423 e. The van der Waals surface area contributed by atoms with Crippen LogP contribution in [0.2, 0.25) is 0 Å². The van der Waals surface area contributed by atoms with Crippen LogP contribution in [0.25, 0.3) is 10.8 Å². The molecule has 2 aliphatic rings. The lowest BCUT2D eigenvalue weighted by Gasteiger charge is -2.31. The second-order valence-corrected chi connectivity index (χ2v) is 10.7. The summed E-state index contributed by atoms with van der Waals surface area (Å²) in [4.78, 5) is 29.6. The van der Waals surface area contributed by atoms with E-state index in [2.05, 4.69) is 29.4 Å². The van der Waals surface area contributed by atoms with Gasteiger partial charge in [-0.2, -0.15) is 0 Å². The summed E-state index contributed by atoms with van der Waals surface area (Å²) in [6.07, 6.45) is 0.560. The van der Waals surface area contributed by atoms with Crippen molar-refractivity contribution >= 4 is 39.0 Å². The first-order valence-corrected chi connectivity index (χ1v) is 13.1. The number of ether oxygens (including phenoxy) is 1. The van der Waals surface area contributed by atoms with Crippen LogP contribution in [0, 0.1) is 0 Å². The van der Waals surface area contributed by atoms with Crippen LogP contribution < -0.4 is 15.4 Å². The fraction of sp³-hybridized carbons (Fsp3) is 0.241. The highest BCUT2D eigenvalue weighted by molar-refractivity contribution is 7.16. The molecule has 3 heterocycles. The van der Waals surface area contributed by atoms with Crippen LogP contribution in [-0.2, 0) is 13.0 Å². The Bertz CT molecular complexity index is 1470. The van der Waals surface area contributed by atoms with Gasteiger partial charge in [-0.05, 0) is 60.4 Å². The molecule has 6 rings (SSSR count). The number of anilines is 1. The third-order valence-electron chi connectivity index (χ3n) is 7.03. The minimum atomic E-state index is -0.395. The molecule has 182 valence electrons. The molecule has 6 nitrogen and oxygen atoms in total. The maximum atomic E-state index is 13.1. The van der Waals surface area contributed by atoms with Crippen molar-refractivity contribution < 1.29 is 14.3 Å². The molecule has 0 radical (unpaired) electrons. The average Bonchev–Trinajstić information content (AvgIpc) is 3.27. The van der Waals surface area contributed by atoms with Crippen LogP contribution in [-0.4, -0.2) is 29.4 Å². The minimum Gasteiger partial charge on any atom is -0.423 e. The van der Waals surface area contributed by atoms with Crippen molar-refractivity contribution in [2.45, 2.75) is 39.0 Å². The number of nitrogens with one attached hydrogen (secondary N) is 2. The zero-order chi connectivity index (χ0) is 24.8. The third-order valence-corrected chi connectivity index (χ3v) is 8.18. The van der Waals surface area contributed by atoms with E-state index in [1.165, 1.54) is 10.4 Å². The molecule has 7 heteroatoms. The van der Waals surface area contributed by atoms with Crippen molar-refractivity contribution in [1.29, 1.82) is 0 Å². The van der Waals surface area contributed by atoms with Gasteiger partial charge < -0.3 is 15.4 Å². The van der Waals surface area contributed by atoms with Crippen molar-refractivity contribution in [1.82, 2.24) is 10.2 Å². The number of hydrogen-bond donors (Lipinski definition) is 2. The Morgan fingerprint density at radius 1 is 1.03 bits per heavy atom. The number of benzene rings is 3. The van der Waals surface area contributed by atoms with Gasteiger partial charge in [-0.3, -0.25) is 9.69 Å². The number of thiophene rings is 1. The molecule has 0 aliphatic carbocycles. The van der Waals surface area contributed by atoms with Gasteiger partial charge in [0.25, 0.3) is 5.91 Å². The van der Waals surface area contributed by atoms with Crippen molar-refractivity contribution in [2.24, 2.45) is 0 Å². The van der Waals surface area contributed by atoms with Gasteiger partial charge in [0.15, 0.2) is 0 Å². The Hall–Kier alpha value is -3.68. The quantitative estimate of drug-likeness (QED) is 0.278. The maximum Gasteiger partial charge on any atom is 0.344 e. The van der Waals surface area contributed by atoms with Crippen LogP contribution in [0.5, 0.6) is 5.75 Å². The topological polar surface area (TPSA) is 70.7 Å². The van der Waals surface area contributed by atoms with E-state index in [1.807, 2.05) is 48.5 Å². The first-order chi connectivity index (χ1) is 17.5. The molecule has 1 atom stereocenters. The second kappa shape index (κ2) is 9.08. The van der Waals surface area contributed by atoms with E-state index in [-0.39, 0.29) is 12.1 Å². The number of nitrogens with zero attached hydrogens (tertiary/aromatic N) is 1. The summed E-state index contributed by atoms with van der Waals surface area (Å²) in [5, 5.41) is 9.40. The second-order valence-electron chi connectivity index (χ2n) is 9.56. The van der Waals surface area contributed by atoms with Crippen molar-refractivity contribution in [3.63, 3.8) is 0 Å². The molecule has 0 saturated carbocycles. The molecule has 36 heavy (non-hydrogen) atoms. The van der Waals surface area contributed by atoms with Gasteiger partial charge in [0.1, 0.15) is 16.9 Å². The lowest BCUT2D eigenvalue weighted by Crippen LogP contribution is -2.39. The van der Waals surface area contributed by atoms with E-state index < -0.39 is 5.97 Å².